The molecular formula is C21H25NO3S2. The Kier molecular flexibility index (Phi) is 6.96. The van der Waals surface area contributed by atoms with Crippen LogP contribution in [-0.2, 0) is 4.79 Å². The van der Waals surface area contributed by atoms with Crippen LogP contribution in [0.1, 0.15) is 37.7 Å². The van der Waals surface area contributed by atoms with E-state index in [0.717, 1.165) is 24.4 Å². The molecule has 1 saturated carbocycles. The number of hydrogen-bond donors (Lipinski definition) is 0. The number of ether oxygens (including phenoxy) is 2. The zero-order chi connectivity index (χ0) is 19.2. The van der Waals surface area contributed by atoms with Crippen LogP contribution >= 0.6 is 24.0 Å². The Labute approximate surface area is 170 Å². The summed E-state index contributed by atoms with van der Waals surface area (Å²) in [6.07, 6.45) is 9.80. The summed E-state index contributed by atoms with van der Waals surface area (Å²) in [7, 11) is 1.60. The van der Waals surface area contributed by atoms with Gasteiger partial charge in [-0.1, -0.05) is 68.4 Å². The molecule has 0 bridgehead atoms. The van der Waals surface area contributed by atoms with Crippen molar-refractivity contribution in [2.75, 3.05) is 20.3 Å². The SMILES string of the molecule is C=CCOc1ccc(/C=C2\SC(=S)N(CCC3CCCC3)C2=O)cc1OC. The van der Waals surface area contributed by atoms with Crippen molar-refractivity contribution in [3.63, 3.8) is 0 Å². The van der Waals surface area contributed by atoms with Crippen molar-refractivity contribution in [2.24, 2.45) is 5.92 Å². The molecule has 0 N–H and O–H groups in total. The van der Waals surface area contributed by atoms with Gasteiger partial charge in [0.1, 0.15) is 10.9 Å². The second kappa shape index (κ2) is 9.42. The largest absolute Gasteiger partial charge is 0.493 e. The van der Waals surface area contributed by atoms with Crippen LogP contribution in [0, 0.1) is 5.92 Å². The van der Waals surface area contributed by atoms with Gasteiger partial charge in [0.2, 0.25) is 0 Å². The minimum absolute atomic E-state index is 0.00828. The number of thioether (sulfide) groups is 1. The molecule has 2 aliphatic rings. The average molecular weight is 404 g/mol. The molecule has 27 heavy (non-hydrogen) atoms. The van der Waals surface area contributed by atoms with E-state index in [1.165, 1.54) is 37.4 Å². The van der Waals surface area contributed by atoms with Crippen LogP contribution < -0.4 is 9.47 Å². The van der Waals surface area contributed by atoms with Crippen molar-refractivity contribution in [1.29, 1.82) is 0 Å². The average Bonchev–Trinajstić information content (AvgIpc) is 3.28. The fourth-order valence-corrected chi connectivity index (χ4v) is 4.81. The van der Waals surface area contributed by atoms with Crippen molar-refractivity contribution in [3.05, 3.63) is 41.3 Å². The molecule has 1 amide bonds. The zero-order valence-corrected chi connectivity index (χ0v) is 17.2. The topological polar surface area (TPSA) is 38.8 Å². The summed E-state index contributed by atoms with van der Waals surface area (Å²) in [5.74, 6) is 2.03. The number of carbonyl (C=O) groups excluding carboxylic acids is 1. The fraction of sp³-hybridized carbons (Fsp3) is 0.429. The third-order valence-corrected chi connectivity index (χ3v) is 6.33. The lowest BCUT2D eigenvalue weighted by Gasteiger charge is -2.17. The predicted molar refractivity (Wildman–Crippen MR) is 115 cm³/mol. The monoisotopic (exact) mass is 403 g/mol. The highest BCUT2D eigenvalue weighted by Crippen LogP contribution is 2.36. The van der Waals surface area contributed by atoms with Crippen LogP contribution in [-0.4, -0.2) is 35.4 Å². The van der Waals surface area contributed by atoms with Crippen LogP contribution in [0.25, 0.3) is 6.08 Å². The second-order valence-corrected chi connectivity index (χ2v) is 8.46. The predicted octanol–water partition coefficient (Wildman–Crippen LogP) is 5.04. The van der Waals surface area contributed by atoms with Gasteiger partial charge in [0.15, 0.2) is 11.5 Å². The first kappa shape index (κ1) is 20.0. The fourth-order valence-electron chi connectivity index (χ4n) is 3.50. The number of hydrogen-bond acceptors (Lipinski definition) is 5. The number of amides is 1. The molecule has 0 aromatic heterocycles. The van der Waals surface area contributed by atoms with Gasteiger partial charge >= 0.3 is 0 Å². The standard InChI is InChI=1S/C21H25NO3S2/c1-3-12-25-17-9-8-16(13-18(17)24-2)14-19-20(23)22(21(26)27-19)11-10-15-6-4-5-7-15/h3,8-9,13-15H,1,4-7,10-12H2,2H3/b19-14-. The Hall–Kier alpha value is -1.79. The molecule has 0 atom stereocenters. The second-order valence-electron chi connectivity index (χ2n) is 6.78. The van der Waals surface area contributed by atoms with Gasteiger partial charge < -0.3 is 9.47 Å². The molecule has 1 heterocycles. The molecule has 0 spiro atoms. The molecule has 1 aliphatic carbocycles. The molecule has 1 aromatic carbocycles. The molecule has 0 radical (unpaired) electrons. The summed E-state index contributed by atoms with van der Waals surface area (Å²) in [6.45, 7) is 4.79. The summed E-state index contributed by atoms with van der Waals surface area (Å²) in [5.41, 5.74) is 0.883. The van der Waals surface area contributed by atoms with Gasteiger partial charge in [-0.2, -0.15) is 0 Å². The zero-order valence-electron chi connectivity index (χ0n) is 15.6. The molecule has 3 rings (SSSR count). The first-order valence-electron chi connectivity index (χ1n) is 9.29. The molecule has 4 nitrogen and oxygen atoms in total. The molecular weight excluding hydrogens is 378 g/mol. The van der Waals surface area contributed by atoms with E-state index in [1.807, 2.05) is 24.3 Å². The Morgan fingerprint density at radius 3 is 2.81 bits per heavy atom. The third-order valence-electron chi connectivity index (χ3n) is 4.95. The molecule has 2 fully saturated rings. The maximum atomic E-state index is 12.8. The summed E-state index contributed by atoms with van der Waals surface area (Å²) < 4.78 is 11.6. The first-order valence-corrected chi connectivity index (χ1v) is 10.5. The molecule has 1 aromatic rings. The van der Waals surface area contributed by atoms with E-state index in [9.17, 15) is 4.79 Å². The first-order chi connectivity index (χ1) is 13.1. The maximum Gasteiger partial charge on any atom is 0.266 e. The Morgan fingerprint density at radius 2 is 2.11 bits per heavy atom. The lowest BCUT2D eigenvalue weighted by atomic mass is 10.0. The molecule has 1 aliphatic heterocycles. The lowest BCUT2D eigenvalue weighted by Crippen LogP contribution is -2.30. The quantitative estimate of drug-likeness (QED) is 0.345. The van der Waals surface area contributed by atoms with Crippen LogP contribution in [0.3, 0.4) is 0 Å². The van der Waals surface area contributed by atoms with E-state index in [1.54, 1.807) is 18.1 Å². The van der Waals surface area contributed by atoms with Crippen LogP contribution in [0.2, 0.25) is 0 Å². The minimum atomic E-state index is 0.00828. The molecule has 0 unspecified atom stereocenters. The molecule has 1 saturated heterocycles. The number of thiocarbonyl (C=S) groups is 1. The van der Waals surface area contributed by atoms with E-state index in [-0.39, 0.29) is 5.91 Å². The normalized spacial score (nSPS) is 19.1. The van der Waals surface area contributed by atoms with Crippen molar-refractivity contribution in [1.82, 2.24) is 4.90 Å². The van der Waals surface area contributed by atoms with Crippen LogP contribution in [0.15, 0.2) is 35.8 Å². The van der Waals surface area contributed by atoms with Crippen LogP contribution in [0.4, 0.5) is 0 Å². The van der Waals surface area contributed by atoms with E-state index >= 15 is 0 Å². The number of benzene rings is 1. The van der Waals surface area contributed by atoms with Gasteiger partial charge in [0, 0.05) is 6.54 Å². The number of methoxy groups -OCH3 is 1. The van der Waals surface area contributed by atoms with Crippen molar-refractivity contribution >= 4 is 40.3 Å². The highest BCUT2D eigenvalue weighted by Gasteiger charge is 2.32. The van der Waals surface area contributed by atoms with Crippen LogP contribution in [0.5, 0.6) is 11.5 Å². The summed E-state index contributed by atoms with van der Waals surface area (Å²) >= 11 is 6.82. The lowest BCUT2D eigenvalue weighted by molar-refractivity contribution is -0.122. The van der Waals surface area contributed by atoms with E-state index in [4.69, 9.17) is 21.7 Å². The van der Waals surface area contributed by atoms with Gasteiger partial charge in [0.25, 0.3) is 5.91 Å². The summed E-state index contributed by atoms with van der Waals surface area (Å²) in [4.78, 5) is 15.2. The number of rotatable bonds is 8. The Bertz CT molecular complexity index is 754. The Morgan fingerprint density at radius 1 is 1.33 bits per heavy atom. The van der Waals surface area contributed by atoms with Gasteiger partial charge in [-0.3, -0.25) is 9.69 Å². The maximum absolute atomic E-state index is 12.8. The number of nitrogens with zero attached hydrogens (tertiary/aromatic N) is 1. The minimum Gasteiger partial charge on any atom is -0.493 e. The van der Waals surface area contributed by atoms with Gasteiger partial charge in [-0.25, -0.2) is 0 Å². The molecule has 6 heteroatoms. The highest BCUT2D eigenvalue weighted by atomic mass is 32.2. The summed E-state index contributed by atoms with van der Waals surface area (Å²) in [5, 5.41) is 0. The van der Waals surface area contributed by atoms with E-state index in [0.29, 0.717) is 27.3 Å². The van der Waals surface area contributed by atoms with Crippen molar-refractivity contribution < 1.29 is 14.3 Å². The smallest absolute Gasteiger partial charge is 0.266 e. The van der Waals surface area contributed by atoms with E-state index in [2.05, 4.69) is 6.58 Å². The number of carbonyl (C=O) groups is 1. The van der Waals surface area contributed by atoms with Crippen molar-refractivity contribution in [3.8, 4) is 11.5 Å². The van der Waals surface area contributed by atoms with E-state index < -0.39 is 0 Å². The van der Waals surface area contributed by atoms with Crippen molar-refractivity contribution in [2.45, 2.75) is 32.1 Å². The Balaban J connectivity index is 1.69. The summed E-state index contributed by atoms with van der Waals surface area (Å²) in [6, 6.07) is 5.62. The van der Waals surface area contributed by atoms with Gasteiger partial charge in [-0.15, -0.1) is 0 Å². The van der Waals surface area contributed by atoms with Gasteiger partial charge in [0.05, 0.1) is 12.0 Å². The molecule has 144 valence electrons. The highest BCUT2D eigenvalue weighted by molar-refractivity contribution is 8.26. The van der Waals surface area contributed by atoms with Gasteiger partial charge in [-0.05, 0) is 36.1 Å². The third kappa shape index (κ3) is 4.93.